The lowest BCUT2D eigenvalue weighted by molar-refractivity contribution is -0.155. The topological polar surface area (TPSA) is 55.8 Å². The lowest BCUT2D eigenvalue weighted by Gasteiger charge is -2.48. The van der Waals surface area contributed by atoms with Gasteiger partial charge >= 0.3 is 12.1 Å². The predicted molar refractivity (Wildman–Crippen MR) is 88.1 cm³/mol. The highest BCUT2D eigenvalue weighted by molar-refractivity contribution is 5.76. The van der Waals surface area contributed by atoms with Crippen LogP contribution in [0.25, 0.3) is 0 Å². The van der Waals surface area contributed by atoms with Crippen molar-refractivity contribution in [3.8, 4) is 0 Å². The van der Waals surface area contributed by atoms with E-state index in [-0.39, 0.29) is 11.5 Å². The molecule has 0 bridgehead atoms. The minimum absolute atomic E-state index is 0.00127. The Hall–Kier alpha value is -1.26. The molecule has 1 aliphatic carbocycles. The molecule has 0 radical (unpaired) electrons. The Morgan fingerprint density at radius 2 is 1.61 bits per heavy atom. The fourth-order valence-electron chi connectivity index (χ4n) is 3.60. The maximum atomic E-state index is 12.2. The Labute approximate surface area is 143 Å². The number of amides is 1. The second-order valence-corrected chi connectivity index (χ2v) is 8.04. The minimum Gasteiger partial charge on any atom is -0.469 e. The summed E-state index contributed by atoms with van der Waals surface area (Å²) in [6.45, 7) is 4.39. The Bertz CT molecular complexity index is 536. The van der Waals surface area contributed by atoms with Crippen LogP contribution in [0.1, 0.15) is 70.3 Å². The summed E-state index contributed by atoms with van der Waals surface area (Å²) in [5, 5.41) is 0. The summed E-state index contributed by atoms with van der Waals surface area (Å²) in [5.74, 6) is -0.626. The molecule has 2 rings (SSSR count). The zero-order valence-corrected chi connectivity index (χ0v) is 14.7. The molecule has 0 N–H and O–H groups in total. The Kier molecular flexibility index (Phi) is 3.88. The van der Waals surface area contributed by atoms with Crippen molar-refractivity contribution in [1.82, 2.24) is 4.90 Å². The van der Waals surface area contributed by atoms with Crippen LogP contribution < -0.4 is 0 Å². The van der Waals surface area contributed by atoms with Gasteiger partial charge < -0.3 is 14.4 Å². The highest BCUT2D eigenvalue weighted by Crippen LogP contribution is 2.50. The Morgan fingerprint density at radius 1 is 1.04 bits per heavy atom. The number of methoxy groups -OCH3 is 1. The number of carbonyl (C=O) groups is 2. The van der Waals surface area contributed by atoms with E-state index in [1.807, 2.05) is 20.8 Å². The molecule has 1 saturated heterocycles. The molecule has 2 fully saturated rings. The second-order valence-electron chi connectivity index (χ2n) is 8.04. The molecule has 1 aliphatic heterocycles. The molecule has 5 heteroatoms. The molecule has 1 spiro atoms. The van der Waals surface area contributed by atoms with Gasteiger partial charge in [-0.05, 0) is 71.6 Å². The van der Waals surface area contributed by atoms with Gasteiger partial charge in [0.2, 0.25) is 0 Å². The first-order chi connectivity index (χ1) is 11.8. The summed E-state index contributed by atoms with van der Waals surface area (Å²) < 4.78 is 33.8. The van der Waals surface area contributed by atoms with E-state index >= 15 is 0 Å². The van der Waals surface area contributed by atoms with Crippen LogP contribution in [0.15, 0.2) is 0 Å². The SMILES string of the molecule is [2H]C([2H])([2H])C1(C(=O)OC)CCC2(CCN(C(=O)OC(C)(C)C)CC2)CC1. The number of hydrogen-bond acceptors (Lipinski definition) is 4. The third kappa shape index (κ3) is 4.18. The molecule has 23 heavy (non-hydrogen) atoms. The van der Waals surface area contributed by atoms with Crippen molar-refractivity contribution in [1.29, 1.82) is 0 Å². The maximum Gasteiger partial charge on any atom is 0.410 e. The fraction of sp³-hybridized carbons (Fsp3) is 0.889. The summed E-state index contributed by atoms with van der Waals surface area (Å²) in [5.41, 5.74) is -1.91. The summed E-state index contributed by atoms with van der Waals surface area (Å²) in [7, 11) is 1.25. The molecule has 0 atom stereocenters. The molecule has 132 valence electrons. The molecular weight excluding hydrogens is 294 g/mol. The average Bonchev–Trinajstić information content (AvgIpc) is 2.53. The number of nitrogens with zero attached hydrogens (tertiary/aromatic N) is 1. The van der Waals surface area contributed by atoms with Gasteiger partial charge in [0.25, 0.3) is 0 Å². The van der Waals surface area contributed by atoms with Crippen LogP contribution in [0.4, 0.5) is 4.79 Å². The Morgan fingerprint density at radius 3 is 2.04 bits per heavy atom. The van der Waals surface area contributed by atoms with Gasteiger partial charge in [-0.3, -0.25) is 4.79 Å². The predicted octanol–water partition coefficient (Wildman–Crippen LogP) is 3.76. The first-order valence-corrected chi connectivity index (χ1v) is 8.41. The van der Waals surface area contributed by atoms with E-state index in [0.717, 1.165) is 12.8 Å². The van der Waals surface area contributed by atoms with Crippen LogP contribution in [0.2, 0.25) is 0 Å². The third-order valence-electron chi connectivity index (χ3n) is 5.22. The largest absolute Gasteiger partial charge is 0.469 e. The van der Waals surface area contributed by atoms with Gasteiger partial charge in [0, 0.05) is 17.2 Å². The van der Waals surface area contributed by atoms with Gasteiger partial charge in [0.15, 0.2) is 0 Å². The number of rotatable bonds is 1. The number of hydrogen-bond donors (Lipinski definition) is 0. The van der Waals surface area contributed by atoms with Crippen molar-refractivity contribution in [2.45, 2.75) is 71.7 Å². The summed E-state index contributed by atoms with van der Waals surface area (Å²) in [6, 6.07) is 0. The van der Waals surface area contributed by atoms with Gasteiger partial charge in [-0.25, -0.2) is 4.79 Å². The van der Waals surface area contributed by atoms with Gasteiger partial charge in [-0.2, -0.15) is 0 Å². The molecular formula is C18H31NO4. The van der Waals surface area contributed by atoms with Crippen LogP contribution >= 0.6 is 0 Å². The average molecular weight is 328 g/mol. The van der Waals surface area contributed by atoms with Crippen LogP contribution in [0.5, 0.6) is 0 Å². The quantitative estimate of drug-likeness (QED) is 0.688. The smallest absolute Gasteiger partial charge is 0.410 e. The van der Waals surface area contributed by atoms with E-state index < -0.39 is 23.8 Å². The molecule has 1 amide bonds. The highest BCUT2D eigenvalue weighted by Gasteiger charge is 2.46. The van der Waals surface area contributed by atoms with E-state index in [4.69, 9.17) is 13.6 Å². The van der Waals surface area contributed by atoms with Crippen molar-refractivity contribution in [3.63, 3.8) is 0 Å². The fourth-order valence-corrected chi connectivity index (χ4v) is 3.60. The summed E-state index contributed by atoms with van der Waals surface area (Å²) in [6.07, 6.45) is 3.28. The standard InChI is InChI=1S/C18H31NO4/c1-16(2,3)23-15(21)19-12-10-18(11-13-19)8-6-17(4,7-9-18)14(20)22-5/h6-13H2,1-5H3/i4D3. The zero-order valence-electron chi connectivity index (χ0n) is 17.7. The number of esters is 1. The first-order valence-electron chi connectivity index (χ1n) is 9.91. The van der Waals surface area contributed by atoms with Gasteiger partial charge in [-0.15, -0.1) is 0 Å². The summed E-state index contributed by atoms with van der Waals surface area (Å²) in [4.78, 5) is 26.2. The minimum atomic E-state index is -2.36. The molecule has 5 nitrogen and oxygen atoms in total. The second kappa shape index (κ2) is 6.33. The van der Waals surface area contributed by atoms with E-state index in [1.54, 1.807) is 4.90 Å². The van der Waals surface area contributed by atoms with Gasteiger partial charge in [0.05, 0.1) is 12.5 Å². The monoisotopic (exact) mass is 328 g/mol. The molecule has 1 heterocycles. The maximum absolute atomic E-state index is 12.2. The molecule has 0 aromatic rings. The van der Waals surface area contributed by atoms with E-state index in [9.17, 15) is 9.59 Å². The van der Waals surface area contributed by atoms with E-state index in [2.05, 4.69) is 0 Å². The molecule has 0 aromatic heterocycles. The van der Waals surface area contributed by atoms with Crippen molar-refractivity contribution in [2.75, 3.05) is 20.2 Å². The lowest BCUT2D eigenvalue weighted by atomic mass is 9.61. The normalized spacial score (nSPS) is 25.9. The Balaban J connectivity index is 2.00. The molecule has 1 saturated carbocycles. The van der Waals surface area contributed by atoms with Crippen molar-refractivity contribution >= 4 is 12.1 Å². The van der Waals surface area contributed by atoms with Crippen LogP contribution in [-0.4, -0.2) is 42.8 Å². The van der Waals surface area contributed by atoms with Crippen molar-refractivity contribution in [2.24, 2.45) is 10.8 Å². The number of piperidine rings is 1. The van der Waals surface area contributed by atoms with E-state index in [1.165, 1.54) is 7.11 Å². The zero-order chi connectivity index (χ0) is 19.8. The van der Waals surface area contributed by atoms with Crippen molar-refractivity contribution < 1.29 is 23.2 Å². The summed E-state index contributed by atoms with van der Waals surface area (Å²) >= 11 is 0. The molecule has 0 unspecified atom stereocenters. The number of likely N-dealkylation sites (tertiary alicyclic amines) is 1. The van der Waals surface area contributed by atoms with Gasteiger partial charge in [0.1, 0.15) is 5.60 Å². The number of ether oxygens (including phenoxy) is 2. The number of carbonyl (C=O) groups excluding carboxylic acids is 2. The third-order valence-corrected chi connectivity index (χ3v) is 5.22. The van der Waals surface area contributed by atoms with E-state index in [0.29, 0.717) is 38.8 Å². The van der Waals surface area contributed by atoms with Gasteiger partial charge in [-0.1, -0.05) is 0 Å². The highest BCUT2D eigenvalue weighted by atomic mass is 16.6. The van der Waals surface area contributed by atoms with Crippen molar-refractivity contribution in [3.05, 3.63) is 0 Å². The lowest BCUT2D eigenvalue weighted by Crippen LogP contribution is -2.47. The van der Waals surface area contributed by atoms with Crippen LogP contribution in [0, 0.1) is 10.8 Å². The molecule has 2 aliphatic rings. The van der Waals surface area contributed by atoms with Crippen LogP contribution in [0.3, 0.4) is 0 Å². The van der Waals surface area contributed by atoms with Crippen LogP contribution in [-0.2, 0) is 14.3 Å². The molecule has 0 aromatic carbocycles. The first kappa shape index (κ1) is 14.1.